The zero-order valence-corrected chi connectivity index (χ0v) is 20.0. The molecular weight excluding hydrogens is 436 g/mol. The highest BCUT2D eigenvalue weighted by Crippen LogP contribution is 2.55. The third kappa shape index (κ3) is 3.82. The van der Waals surface area contributed by atoms with Gasteiger partial charge in [0.1, 0.15) is 5.75 Å². The van der Waals surface area contributed by atoms with Crippen molar-refractivity contribution in [3.63, 3.8) is 0 Å². The van der Waals surface area contributed by atoms with Crippen LogP contribution < -0.4 is 9.46 Å². The van der Waals surface area contributed by atoms with Crippen LogP contribution in [0.1, 0.15) is 82.1 Å². The molecule has 7 nitrogen and oxygen atoms in total. The molecule has 0 amide bonds. The number of aromatic nitrogens is 3. The first-order valence-electron chi connectivity index (χ1n) is 13.1. The molecule has 5 atom stereocenters. The molecule has 8 heteroatoms. The smallest absolute Gasteiger partial charge is 0.242 e. The van der Waals surface area contributed by atoms with E-state index in [4.69, 9.17) is 4.74 Å². The molecule has 0 saturated heterocycles. The van der Waals surface area contributed by atoms with E-state index in [0.29, 0.717) is 11.6 Å². The standard InChI is InChI=1S/C25H34N4O3S/c30-33(31,20-4-5-20)28-25-27-26-24-13-23(22(14-29(24)25)17-2-3-17)32-8-7-18-11-16-9-15-1-6-21(18)19(10-15)12-16/h13-21H,1-12H2,(H,27,28). The Balaban J connectivity index is 1.08. The molecule has 5 aliphatic rings. The van der Waals surface area contributed by atoms with E-state index in [0.717, 1.165) is 79.6 Å². The number of sulfonamides is 1. The Morgan fingerprint density at radius 2 is 1.85 bits per heavy atom. The van der Waals surface area contributed by atoms with E-state index in [1.54, 1.807) is 4.40 Å². The molecule has 2 heterocycles. The van der Waals surface area contributed by atoms with Gasteiger partial charge in [0.15, 0.2) is 5.65 Å². The van der Waals surface area contributed by atoms with Gasteiger partial charge in [0.05, 0.1) is 11.9 Å². The van der Waals surface area contributed by atoms with Crippen molar-refractivity contribution in [2.75, 3.05) is 11.3 Å². The van der Waals surface area contributed by atoms with Crippen LogP contribution in [-0.2, 0) is 10.0 Å². The maximum Gasteiger partial charge on any atom is 0.242 e. The Hall–Kier alpha value is -1.83. The lowest BCUT2D eigenvalue weighted by molar-refractivity contribution is -0.0173. The van der Waals surface area contributed by atoms with E-state index in [-0.39, 0.29) is 11.2 Å². The van der Waals surface area contributed by atoms with Gasteiger partial charge < -0.3 is 4.74 Å². The van der Waals surface area contributed by atoms with Crippen LogP contribution in [0, 0.1) is 29.6 Å². The minimum absolute atomic E-state index is 0.287. The Morgan fingerprint density at radius 3 is 2.67 bits per heavy atom. The fourth-order valence-corrected chi connectivity index (χ4v) is 8.67. The first kappa shape index (κ1) is 20.5. The van der Waals surface area contributed by atoms with Gasteiger partial charge in [-0.15, -0.1) is 10.2 Å². The molecule has 0 aliphatic heterocycles. The van der Waals surface area contributed by atoms with Gasteiger partial charge in [0.2, 0.25) is 16.0 Å². The van der Waals surface area contributed by atoms with E-state index in [9.17, 15) is 8.42 Å². The first-order chi connectivity index (χ1) is 16.0. The van der Waals surface area contributed by atoms with E-state index in [2.05, 4.69) is 14.9 Å². The number of rotatable bonds is 8. The van der Waals surface area contributed by atoms with Gasteiger partial charge in [0, 0.05) is 17.8 Å². The molecule has 0 aromatic carbocycles. The molecule has 5 aliphatic carbocycles. The normalized spacial score (nSPS) is 33.4. The summed E-state index contributed by atoms with van der Waals surface area (Å²) in [6.07, 6.45) is 15.7. The Kier molecular flexibility index (Phi) is 4.72. The van der Waals surface area contributed by atoms with E-state index in [1.807, 2.05) is 12.3 Å². The average Bonchev–Trinajstić information content (AvgIpc) is 3.69. The molecule has 0 radical (unpaired) electrons. The molecule has 33 heavy (non-hydrogen) atoms. The number of anilines is 1. The molecule has 2 aromatic heterocycles. The average molecular weight is 471 g/mol. The molecule has 5 fully saturated rings. The van der Waals surface area contributed by atoms with Crippen LogP contribution in [0.4, 0.5) is 5.95 Å². The quantitative estimate of drug-likeness (QED) is 0.602. The largest absolute Gasteiger partial charge is 0.493 e. The van der Waals surface area contributed by atoms with Gasteiger partial charge in [0.25, 0.3) is 0 Å². The van der Waals surface area contributed by atoms with Crippen molar-refractivity contribution in [3.05, 3.63) is 17.8 Å². The van der Waals surface area contributed by atoms with Crippen molar-refractivity contribution >= 4 is 21.6 Å². The van der Waals surface area contributed by atoms with E-state index in [1.165, 1.54) is 38.5 Å². The molecule has 5 unspecified atom stereocenters. The zero-order chi connectivity index (χ0) is 22.2. The fraction of sp³-hybridized carbons (Fsp3) is 0.760. The minimum Gasteiger partial charge on any atom is -0.493 e. The summed E-state index contributed by atoms with van der Waals surface area (Å²) < 4.78 is 35.7. The maximum absolute atomic E-state index is 12.4. The van der Waals surface area contributed by atoms with E-state index >= 15 is 0 Å². The number of nitrogens with zero attached hydrogens (tertiary/aromatic N) is 3. The second-order valence-electron chi connectivity index (χ2n) is 11.5. The van der Waals surface area contributed by atoms with Gasteiger partial charge in [-0.1, -0.05) is 6.42 Å². The van der Waals surface area contributed by atoms with Crippen LogP contribution in [0.2, 0.25) is 0 Å². The number of hydrogen-bond acceptors (Lipinski definition) is 5. The molecule has 1 N–H and O–H groups in total. The lowest BCUT2D eigenvalue weighted by Crippen LogP contribution is -2.42. The summed E-state index contributed by atoms with van der Waals surface area (Å²) in [6, 6.07) is 1.95. The molecule has 0 spiro atoms. The van der Waals surface area contributed by atoms with Crippen molar-refractivity contribution in [2.24, 2.45) is 29.6 Å². The summed E-state index contributed by atoms with van der Waals surface area (Å²) in [5, 5.41) is 8.08. The highest BCUT2D eigenvalue weighted by molar-refractivity contribution is 7.93. The van der Waals surface area contributed by atoms with Crippen molar-refractivity contribution < 1.29 is 13.2 Å². The summed E-state index contributed by atoms with van der Waals surface area (Å²) in [7, 11) is -3.37. The number of ether oxygens (including phenoxy) is 1. The van der Waals surface area contributed by atoms with Crippen molar-refractivity contribution in [1.29, 1.82) is 0 Å². The van der Waals surface area contributed by atoms with E-state index < -0.39 is 10.0 Å². The second-order valence-corrected chi connectivity index (χ2v) is 13.5. The Morgan fingerprint density at radius 1 is 1.00 bits per heavy atom. The van der Waals surface area contributed by atoms with Gasteiger partial charge in [-0.3, -0.25) is 9.12 Å². The SMILES string of the molecule is O=S(=O)(Nc1nnc2cc(OCCC3CC4CC5CCC3C(C5)C4)c(C3CC3)cn12)C1CC1. The first-order valence-corrected chi connectivity index (χ1v) is 14.6. The third-order valence-electron chi connectivity index (χ3n) is 9.19. The van der Waals surface area contributed by atoms with Crippen molar-refractivity contribution in [3.8, 4) is 5.75 Å². The number of fused-ring (bicyclic) bond motifs is 3. The van der Waals surface area contributed by atoms with Crippen molar-refractivity contribution in [2.45, 2.75) is 81.8 Å². The lowest BCUT2D eigenvalue weighted by atomic mass is 9.54. The highest BCUT2D eigenvalue weighted by Gasteiger charge is 2.45. The predicted octanol–water partition coefficient (Wildman–Crippen LogP) is 4.74. The number of pyridine rings is 1. The molecule has 7 rings (SSSR count). The second kappa shape index (κ2) is 7.59. The van der Waals surface area contributed by atoms with Crippen LogP contribution in [0.5, 0.6) is 5.75 Å². The number of nitrogens with one attached hydrogen (secondary N) is 1. The van der Waals surface area contributed by atoms with Crippen LogP contribution in [0.25, 0.3) is 5.65 Å². The summed E-state index contributed by atoms with van der Waals surface area (Å²) in [6.45, 7) is 0.759. The zero-order valence-electron chi connectivity index (χ0n) is 19.2. The fourth-order valence-electron chi connectivity index (χ4n) is 7.35. The van der Waals surface area contributed by atoms with Crippen molar-refractivity contribution in [1.82, 2.24) is 14.6 Å². The summed E-state index contributed by atoms with van der Waals surface area (Å²) >= 11 is 0. The lowest BCUT2D eigenvalue weighted by Gasteiger charge is -2.52. The molecule has 3 bridgehead atoms. The Bertz CT molecular complexity index is 1160. The Labute approximate surface area is 195 Å². The number of hydrogen-bond donors (Lipinski definition) is 1. The van der Waals surface area contributed by atoms with Gasteiger partial charge in [-0.25, -0.2) is 8.42 Å². The molecule has 5 saturated carbocycles. The van der Waals surface area contributed by atoms with Gasteiger partial charge in [-0.2, -0.15) is 0 Å². The molecule has 178 valence electrons. The van der Waals surface area contributed by atoms with Gasteiger partial charge in [-0.05, 0) is 99.7 Å². The monoisotopic (exact) mass is 470 g/mol. The van der Waals surface area contributed by atoms with Gasteiger partial charge >= 0.3 is 0 Å². The van der Waals surface area contributed by atoms with Crippen LogP contribution in [0.3, 0.4) is 0 Å². The predicted molar refractivity (Wildman–Crippen MR) is 126 cm³/mol. The summed E-state index contributed by atoms with van der Waals surface area (Å²) in [5.74, 6) is 6.39. The summed E-state index contributed by atoms with van der Waals surface area (Å²) in [5.41, 5.74) is 1.80. The summed E-state index contributed by atoms with van der Waals surface area (Å²) in [4.78, 5) is 0. The minimum atomic E-state index is -3.37. The highest BCUT2D eigenvalue weighted by atomic mass is 32.2. The molecular formula is C25H34N4O3S. The van der Waals surface area contributed by atoms with Crippen LogP contribution in [-0.4, -0.2) is 34.9 Å². The molecule has 2 aromatic rings. The third-order valence-corrected chi connectivity index (χ3v) is 11.0. The van der Waals surface area contributed by atoms with Crippen LogP contribution in [0.15, 0.2) is 12.3 Å². The maximum atomic E-state index is 12.4. The van der Waals surface area contributed by atoms with Crippen LogP contribution >= 0.6 is 0 Å². The topological polar surface area (TPSA) is 85.6 Å².